The van der Waals surface area contributed by atoms with Crippen molar-refractivity contribution in [2.24, 2.45) is 0 Å². The maximum Gasteiger partial charge on any atom is 0.0541 e. The third-order valence-electron chi connectivity index (χ3n) is 11.8. The Morgan fingerprint density at radius 3 is 1.00 bits per heavy atom. The van der Waals surface area contributed by atoms with E-state index in [1.165, 1.54) is 65.9 Å². The van der Waals surface area contributed by atoms with Gasteiger partial charge < -0.3 is 9.13 Å². The van der Waals surface area contributed by atoms with Gasteiger partial charge in [-0.3, -0.25) is 0 Å². The highest BCUT2D eigenvalue weighted by atomic mass is 15.0. The predicted octanol–water partition coefficient (Wildman–Crippen LogP) is 15.1. The lowest BCUT2D eigenvalue weighted by atomic mass is 9.85. The molecule has 292 valence electrons. The molecule has 0 unspecified atom stereocenters. The van der Waals surface area contributed by atoms with Crippen LogP contribution >= 0.6 is 0 Å². The lowest BCUT2D eigenvalue weighted by molar-refractivity contribution is 0.590. The molecular weight excluding hydrogens is 701 g/mol. The van der Waals surface area contributed by atoms with Crippen molar-refractivity contribution < 1.29 is 0 Å². The second-order valence-corrected chi connectivity index (χ2v) is 20.3. The monoisotopic (exact) mass is 758 g/mol. The summed E-state index contributed by atoms with van der Waals surface area (Å²) in [5.41, 5.74) is 15.0. The summed E-state index contributed by atoms with van der Waals surface area (Å²) in [6.07, 6.45) is 4.05. The average Bonchev–Trinajstić information content (AvgIpc) is 3.67. The van der Waals surface area contributed by atoms with Crippen LogP contribution < -0.4 is 0 Å². The molecule has 0 saturated heterocycles. The van der Waals surface area contributed by atoms with Crippen molar-refractivity contribution >= 4 is 49.7 Å². The van der Waals surface area contributed by atoms with Crippen molar-refractivity contribution in [1.29, 1.82) is 0 Å². The summed E-state index contributed by atoms with van der Waals surface area (Å²) >= 11 is 0. The molecule has 0 aliphatic heterocycles. The number of fused-ring (bicyclic) bond motifs is 6. The number of allylic oxidation sites excluding steroid dienone is 1. The zero-order chi connectivity index (χ0) is 41.4. The van der Waals surface area contributed by atoms with Gasteiger partial charge in [0.05, 0.1) is 22.1 Å². The zero-order valence-electron chi connectivity index (χ0n) is 36.6. The molecular formula is C56H58N2. The summed E-state index contributed by atoms with van der Waals surface area (Å²) in [4.78, 5) is 0. The summed E-state index contributed by atoms with van der Waals surface area (Å²) in [5, 5.41) is 5.21. The van der Waals surface area contributed by atoms with Crippen LogP contribution in [0.25, 0.3) is 61.1 Å². The van der Waals surface area contributed by atoms with Gasteiger partial charge in [0.15, 0.2) is 0 Å². The lowest BCUT2D eigenvalue weighted by Gasteiger charge is -2.19. The number of nitrogens with zero attached hydrogens (tertiary/aromatic N) is 2. The zero-order valence-corrected chi connectivity index (χ0v) is 36.6. The molecule has 0 atom stereocenters. The first kappa shape index (κ1) is 39.1. The van der Waals surface area contributed by atoms with Crippen molar-refractivity contribution in [2.75, 3.05) is 0 Å². The number of aromatic nitrogens is 2. The highest BCUT2D eigenvalue weighted by Crippen LogP contribution is 2.39. The van der Waals surface area contributed by atoms with E-state index in [4.69, 9.17) is 0 Å². The van der Waals surface area contributed by atoms with E-state index in [0.717, 1.165) is 22.5 Å². The van der Waals surface area contributed by atoms with Crippen LogP contribution in [-0.2, 0) is 21.7 Å². The maximum atomic E-state index is 3.36. The normalized spacial score (nSPS) is 13.0. The fraction of sp³-hybridized carbons (Fsp3) is 0.286. The van der Waals surface area contributed by atoms with Gasteiger partial charge in [0.1, 0.15) is 0 Å². The van der Waals surface area contributed by atoms with Crippen LogP contribution in [0.2, 0.25) is 0 Å². The van der Waals surface area contributed by atoms with E-state index in [2.05, 4.69) is 231 Å². The van der Waals surface area contributed by atoms with Crippen molar-refractivity contribution in [3.8, 4) is 23.2 Å². The SMILES string of the molecule is CC(C)(C)c1ccc2c(c1)c1cc(C(C)(C)C)ccc1n2-c1ccc(C#CC=Cc2ccc(-n3c4ccc(C(C)(C)C)cc4c4cc(C(C)(C)C)ccc43)cc2)cc1. The molecule has 6 aromatic carbocycles. The van der Waals surface area contributed by atoms with E-state index in [0.29, 0.717) is 0 Å². The van der Waals surface area contributed by atoms with Crippen LogP contribution in [0, 0.1) is 11.8 Å². The van der Waals surface area contributed by atoms with E-state index >= 15 is 0 Å². The molecule has 58 heavy (non-hydrogen) atoms. The molecule has 0 radical (unpaired) electrons. The van der Waals surface area contributed by atoms with Gasteiger partial charge >= 0.3 is 0 Å². The van der Waals surface area contributed by atoms with Gasteiger partial charge in [-0.1, -0.05) is 131 Å². The van der Waals surface area contributed by atoms with Gasteiger partial charge in [-0.15, -0.1) is 0 Å². The molecule has 0 spiro atoms. The van der Waals surface area contributed by atoms with E-state index in [1.807, 2.05) is 6.08 Å². The fourth-order valence-corrected chi connectivity index (χ4v) is 8.16. The van der Waals surface area contributed by atoms with Crippen molar-refractivity contribution in [2.45, 2.75) is 105 Å². The van der Waals surface area contributed by atoms with Crippen molar-refractivity contribution in [3.05, 3.63) is 161 Å². The standard InChI is InChI=1S/C56H58N2/c1-53(2,3)39-21-29-49-45(33-39)46-34-40(54(4,5)6)22-30-50(46)57(49)43-25-17-37(18-26-43)15-13-14-16-38-19-27-44(28-20-38)58-51-31-23-41(55(7,8)9)35-47(51)48-36-42(56(10,11)12)24-32-52(48)58/h13,15,17-36H,1-12H3. The first-order valence-corrected chi connectivity index (χ1v) is 20.8. The highest BCUT2D eigenvalue weighted by molar-refractivity contribution is 6.11. The number of hydrogen-bond donors (Lipinski definition) is 0. The third kappa shape index (κ3) is 7.29. The van der Waals surface area contributed by atoms with Gasteiger partial charge in [-0.2, -0.15) is 0 Å². The topological polar surface area (TPSA) is 9.86 Å². The Kier molecular flexibility index (Phi) is 9.40. The molecule has 8 rings (SSSR count). The summed E-state index contributed by atoms with van der Waals surface area (Å²) in [5.74, 6) is 6.65. The molecule has 2 heteroatoms. The molecule has 0 fully saturated rings. The third-order valence-corrected chi connectivity index (χ3v) is 11.8. The summed E-state index contributed by atoms with van der Waals surface area (Å²) in [6, 6.07) is 45.5. The minimum Gasteiger partial charge on any atom is -0.309 e. The van der Waals surface area contributed by atoms with Crippen LogP contribution in [0.5, 0.6) is 0 Å². The molecule has 0 saturated carbocycles. The number of hydrogen-bond acceptors (Lipinski definition) is 0. The summed E-state index contributed by atoms with van der Waals surface area (Å²) in [6.45, 7) is 27.5. The van der Waals surface area contributed by atoms with Crippen molar-refractivity contribution in [3.63, 3.8) is 0 Å². The molecule has 0 aliphatic rings. The first-order chi connectivity index (χ1) is 27.3. The first-order valence-electron chi connectivity index (χ1n) is 20.8. The van der Waals surface area contributed by atoms with Gasteiger partial charge in [0, 0.05) is 38.5 Å². The molecule has 0 N–H and O–H groups in total. The van der Waals surface area contributed by atoms with Gasteiger partial charge in [-0.25, -0.2) is 0 Å². The molecule has 2 nitrogen and oxygen atoms in total. The molecule has 2 aromatic heterocycles. The van der Waals surface area contributed by atoms with E-state index < -0.39 is 0 Å². The molecule has 8 aromatic rings. The van der Waals surface area contributed by atoms with Crippen molar-refractivity contribution in [1.82, 2.24) is 9.13 Å². The van der Waals surface area contributed by atoms with Crippen LogP contribution in [0.1, 0.15) is 116 Å². The quantitative estimate of drug-likeness (QED) is 0.159. The van der Waals surface area contributed by atoms with Crippen LogP contribution in [0.15, 0.2) is 127 Å². The highest BCUT2D eigenvalue weighted by Gasteiger charge is 2.22. The van der Waals surface area contributed by atoms with Crippen LogP contribution in [0.4, 0.5) is 0 Å². The molecule has 0 bridgehead atoms. The Bertz CT molecular complexity index is 2790. The minimum atomic E-state index is 0.0734. The van der Waals surface area contributed by atoms with E-state index in [-0.39, 0.29) is 21.7 Å². The van der Waals surface area contributed by atoms with Gasteiger partial charge in [0.2, 0.25) is 0 Å². The largest absolute Gasteiger partial charge is 0.309 e. The average molecular weight is 759 g/mol. The predicted molar refractivity (Wildman–Crippen MR) is 252 cm³/mol. The maximum absolute atomic E-state index is 3.36. The Labute approximate surface area is 346 Å². The molecule has 2 heterocycles. The smallest absolute Gasteiger partial charge is 0.0541 e. The fourth-order valence-electron chi connectivity index (χ4n) is 8.16. The van der Waals surface area contributed by atoms with E-state index in [1.54, 1.807) is 0 Å². The Morgan fingerprint density at radius 1 is 0.379 bits per heavy atom. The number of benzene rings is 6. The summed E-state index contributed by atoms with van der Waals surface area (Å²) in [7, 11) is 0. The summed E-state index contributed by atoms with van der Waals surface area (Å²) < 4.78 is 4.81. The Hall–Kier alpha value is -5.78. The second kappa shape index (κ2) is 14.0. The number of rotatable bonds is 3. The minimum absolute atomic E-state index is 0.0734. The Balaban J connectivity index is 1.07. The van der Waals surface area contributed by atoms with E-state index in [9.17, 15) is 0 Å². The van der Waals surface area contributed by atoms with Crippen LogP contribution in [-0.4, -0.2) is 9.13 Å². The van der Waals surface area contributed by atoms with Crippen LogP contribution in [0.3, 0.4) is 0 Å². The van der Waals surface area contributed by atoms with Gasteiger partial charge in [-0.05, 0) is 147 Å². The molecule has 0 amide bonds. The Morgan fingerprint density at radius 2 is 0.690 bits per heavy atom. The van der Waals surface area contributed by atoms with Gasteiger partial charge in [0.25, 0.3) is 0 Å². The second-order valence-electron chi connectivity index (χ2n) is 20.3. The lowest BCUT2D eigenvalue weighted by Crippen LogP contribution is -2.10. The molecule has 0 aliphatic carbocycles.